The summed E-state index contributed by atoms with van der Waals surface area (Å²) in [6.07, 6.45) is 0.950. The van der Waals surface area contributed by atoms with Crippen LogP contribution in [0, 0.1) is 6.92 Å². The number of aliphatic hydroxyl groups is 1. The van der Waals surface area contributed by atoms with Crippen LogP contribution in [-0.2, 0) is 4.79 Å². The molecule has 0 radical (unpaired) electrons. The van der Waals surface area contributed by atoms with E-state index in [0.717, 1.165) is 24.0 Å². The highest BCUT2D eigenvalue weighted by molar-refractivity contribution is 5.81. The molecule has 21 heavy (non-hydrogen) atoms. The van der Waals surface area contributed by atoms with Crippen LogP contribution < -0.4 is 10.1 Å². The highest BCUT2D eigenvalue weighted by Gasteiger charge is 2.17. The molecule has 0 aliphatic carbocycles. The molecule has 1 aromatic carbocycles. The minimum absolute atomic E-state index is 0.102. The van der Waals surface area contributed by atoms with Gasteiger partial charge in [-0.2, -0.15) is 0 Å². The molecule has 0 aliphatic heterocycles. The van der Waals surface area contributed by atoms with Crippen molar-refractivity contribution in [1.29, 1.82) is 0 Å². The van der Waals surface area contributed by atoms with Crippen LogP contribution in [-0.4, -0.2) is 23.2 Å². The van der Waals surface area contributed by atoms with E-state index in [1.165, 1.54) is 0 Å². The van der Waals surface area contributed by atoms with Gasteiger partial charge in [0, 0.05) is 6.04 Å². The van der Waals surface area contributed by atoms with Gasteiger partial charge in [-0.15, -0.1) is 0 Å². The van der Waals surface area contributed by atoms with E-state index in [-0.39, 0.29) is 11.9 Å². The van der Waals surface area contributed by atoms with Gasteiger partial charge in [0.1, 0.15) is 5.75 Å². The Morgan fingerprint density at radius 2 is 2.00 bits per heavy atom. The van der Waals surface area contributed by atoms with E-state index in [9.17, 15) is 9.90 Å². The van der Waals surface area contributed by atoms with Crippen LogP contribution in [0.3, 0.4) is 0 Å². The number of carbonyl (C=O) groups is 1. The van der Waals surface area contributed by atoms with Crippen molar-refractivity contribution >= 4 is 5.91 Å². The summed E-state index contributed by atoms with van der Waals surface area (Å²) in [6.45, 7) is 9.47. The molecule has 0 fully saturated rings. The van der Waals surface area contributed by atoms with Crippen LogP contribution >= 0.6 is 0 Å². The number of carbonyl (C=O) groups excluding carboxylic acids is 1. The fraction of sp³-hybridized carbons (Fsp3) is 0.588. The van der Waals surface area contributed by atoms with Crippen molar-refractivity contribution in [1.82, 2.24) is 5.32 Å². The van der Waals surface area contributed by atoms with Crippen molar-refractivity contribution in [3.05, 3.63) is 29.3 Å². The number of hydrogen-bond acceptors (Lipinski definition) is 3. The number of hydrogen-bond donors (Lipinski definition) is 2. The van der Waals surface area contributed by atoms with Gasteiger partial charge in [0.25, 0.3) is 5.91 Å². The first-order chi connectivity index (χ1) is 9.85. The molecule has 118 valence electrons. The molecule has 2 N–H and O–H groups in total. The second kappa shape index (κ2) is 8.03. The second-order valence-corrected chi connectivity index (χ2v) is 5.66. The van der Waals surface area contributed by atoms with E-state index < -0.39 is 12.2 Å². The lowest BCUT2D eigenvalue weighted by Crippen LogP contribution is -2.41. The summed E-state index contributed by atoms with van der Waals surface area (Å²) in [5.74, 6) is 0.570. The summed E-state index contributed by atoms with van der Waals surface area (Å²) in [7, 11) is 0. The molecule has 4 nitrogen and oxygen atoms in total. The maximum absolute atomic E-state index is 12.0. The van der Waals surface area contributed by atoms with Crippen molar-refractivity contribution in [2.24, 2.45) is 0 Å². The van der Waals surface area contributed by atoms with Gasteiger partial charge in [0.2, 0.25) is 0 Å². The van der Waals surface area contributed by atoms with Gasteiger partial charge in [0.15, 0.2) is 6.10 Å². The number of amides is 1. The van der Waals surface area contributed by atoms with Crippen LogP contribution in [0.5, 0.6) is 5.75 Å². The van der Waals surface area contributed by atoms with E-state index in [2.05, 4.69) is 12.2 Å². The third-order valence-corrected chi connectivity index (χ3v) is 3.46. The molecule has 3 atom stereocenters. The Kier molecular flexibility index (Phi) is 6.69. The monoisotopic (exact) mass is 293 g/mol. The van der Waals surface area contributed by atoms with Gasteiger partial charge in [-0.3, -0.25) is 4.79 Å². The average Bonchev–Trinajstić information content (AvgIpc) is 2.40. The van der Waals surface area contributed by atoms with Crippen LogP contribution in [0.15, 0.2) is 18.2 Å². The van der Waals surface area contributed by atoms with E-state index in [1.807, 2.05) is 26.0 Å². The predicted molar refractivity (Wildman–Crippen MR) is 84.4 cm³/mol. The highest BCUT2D eigenvalue weighted by atomic mass is 16.5. The zero-order valence-corrected chi connectivity index (χ0v) is 13.6. The largest absolute Gasteiger partial charge is 0.481 e. The van der Waals surface area contributed by atoms with E-state index >= 15 is 0 Å². The molecule has 0 aromatic heterocycles. The van der Waals surface area contributed by atoms with Gasteiger partial charge >= 0.3 is 0 Å². The molecule has 0 saturated heterocycles. The van der Waals surface area contributed by atoms with Crippen LogP contribution in [0.4, 0.5) is 0 Å². The van der Waals surface area contributed by atoms with Crippen molar-refractivity contribution in [2.75, 3.05) is 0 Å². The summed E-state index contributed by atoms with van der Waals surface area (Å²) in [6, 6.07) is 5.66. The van der Waals surface area contributed by atoms with Crippen LogP contribution in [0.1, 0.15) is 57.8 Å². The number of aliphatic hydroxyl groups excluding tert-OH is 1. The first-order valence-corrected chi connectivity index (χ1v) is 7.60. The molecule has 0 bridgehead atoms. The lowest BCUT2D eigenvalue weighted by atomic mass is 10.1. The molecule has 0 heterocycles. The summed E-state index contributed by atoms with van der Waals surface area (Å²) in [4.78, 5) is 12.0. The van der Waals surface area contributed by atoms with Gasteiger partial charge in [-0.25, -0.2) is 0 Å². The molecule has 1 rings (SSSR count). The third-order valence-electron chi connectivity index (χ3n) is 3.46. The third kappa shape index (κ3) is 5.38. The molecule has 0 spiro atoms. The fourth-order valence-electron chi connectivity index (χ4n) is 2.17. The smallest absolute Gasteiger partial charge is 0.260 e. The molecule has 0 saturated carbocycles. The Morgan fingerprint density at radius 3 is 2.52 bits per heavy atom. The molecular formula is C17H27NO3. The van der Waals surface area contributed by atoms with Crippen LogP contribution in [0.2, 0.25) is 0 Å². The average molecular weight is 293 g/mol. The van der Waals surface area contributed by atoms with Gasteiger partial charge in [-0.05, 0) is 57.4 Å². The Balaban J connectivity index is 2.66. The molecule has 0 aliphatic rings. The van der Waals surface area contributed by atoms with Crippen molar-refractivity contribution in [3.63, 3.8) is 0 Å². The molecule has 1 amide bonds. The Hall–Kier alpha value is -1.55. The fourth-order valence-corrected chi connectivity index (χ4v) is 2.17. The first kappa shape index (κ1) is 17.5. The zero-order valence-electron chi connectivity index (χ0n) is 13.6. The maximum atomic E-state index is 12.0. The number of nitrogens with one attached hydrogen (secondary N) is 1. The quantitative estimate of drug-likeness (QED) is 0.812. The maximum Gasteiger partial charge on any atom is 0.260 e. The molecular weight excluding hydrogens is 266 g/mol. The van der Waals surface area contributed by atoms with Crippen LogP contribution in [0.25, 0.3) is 0 Å². The zero-order chi connectivity index (χ0) is 16.0. The molecule has 1 aromatic rings. The minimum Gasteiger partial charge on any atom is -0.481 e. The first-order valence-electron chi connectivity index (χ1n) is 7.60. The summed E-state index contributed by atoms with van der Waals surface area (Å²) in [5, 5.41) is 12.5. The lowest BCUT2D eigenvalue weighted by Gasteiger charge is -2.19. The van der Waals surface area contributed by atoms with Crippen molar-refractivity contribution in [3.8, 4) is 5.75 Å². The number of benzene rings is 1. The van der Waals surface area contributed by atoms with Gasteiger partial charge in [-0.1, -0.05) is 19.4 Å². The minimum atomic E-state index is -0.541. The van der Waals surface area contributed by atoms with E-state index in [0.29, 0.717) is 5.75 Å². The highest BCUT2D eigenvalue weighted by Crippen LogP contribution is 2.23. The summed E-state index contributed by atoms with van der Waals surface area (Å²) in [5.41, 5.74) is 1.75. The van der Waals surface area contributed by atoms with Crippen molar-refractivity contribution < 1.29 is 14.6 Å². The summed E-state index contributed by atoms with van der Waals surface area (Å²) >= 11 is 0. The SMILES string of the molecule is CCCC(C)NC(=O)C(C)Oc1ccc(C(C)O)cc1C. The van der Waals surface area contributed by atoms with E-state index in [4.69, 9.17) is 4.74 Å². The molecule has 4 heteroatoms. The van der Waals surface area contributed by atoms with Gasteiger partial charge in [0.05, 0.1) is 6.10 Å². The number of aryl methyl sites for hydroxylation is 1. The number of rotatable bonds is 7. The van der Waals surface area contributed by atoms with E-state index in [1.54, 1.807) is 19.9 Å². The Bertz CT molecular complexity index is 471. The normalized spacial score (nSPS) is 15.1. The predicted octanol–water partition coefficient (Wildman–Crippen LogP) is 3.12. The number of ether oxygens (including phenoxy) is 1. The van der Waals surface area contributed by atoms with Crippen molar-refractivity contribution in [2.45, 2.75) is 65.7 Å². The second-order valence-electron chi connectivity index (χ2n) is 5.66. The Morgan fingerprint density at radius 1 is 1.33 bits per heavy atom. The topological polar surface area (TPSA) is 58.6 Å². The molecule has 3 unspecified atom stereocenters. The Labute approximate surface area is 127 Å². The van der Waals surface area contributed by atoms with Gasteiger partial charge < -0.3 is 15.2 Å². The lowest BCUT2D eigenvalue weighted by molar-refractivity contribution is -0.127. The standard InChI is InChI=1S/C17H27NO3/c1-6-7-12(3)18-17(20)14(5)21-16-9-8-15(13(4)19)10-11(16)2/h8-10,12-14,19H,6-7H2,1-5H3,(H,18,20). The summed E-state index contributed by atoms with van der Waals surface area (Å²) < 4.78 is 5.73.